The van der Waals surface area contributed by atoms with Crippen LogP contribution < -0.4 is 9.47 Å². The summed E-state index contributed by atoms with van der Waals surface area (Å²) in [6.07, 6.45) is 1.54. The number of carbonyl (C=O) groups is 1. The highest BCUT2D eigenvalue weighted by atomic mass is 16.5. The van der Waals surface area contributed by atoms with Crippen molar-refractivity contribution in [3.8, 4) is 17.4 Å². The monoisotopic (exact) mass is 287 g/mol. The number of rotatable bonds is 5. The van der Waals surface area contributed by atoms with E-state index in [1.165, 1.54) is 6.07 Å². The molecule has 2 rings (SSSR count). The van der Waals surface area contributed by atoms with Gasteiger partial charge in [-0.15, -0.1) is 0 Å². The molecule has 1 aromatic carbocycles. The zero-order valence-electron chi connectivity index (χ0n) is 12.2. The molecule has 0 atom stereocenters. The zero-order chi connectivity index (χ0) is 15.4. The van der Waals surface area contributed by atoms with Crippen LogP contribution in [0, 0.1) is 6.92 Å². The van der Waals surface area contributed by atoms with Gasteiger partial charge in [0.05, 0.1) is 6.10 Å². The Balaban J connectivity index is 2.41. The van der Waals surface area contributed by atoms with E-state index in [1.807, 2.05) is 13.8 Å². The first kappa shape index (κ1) is 14.8. The molecule has 5 heteroatoms. The number of carboxylic acid groups (broad SMARTS) is 1. The van der Waals surface area contributed by atoms with Crippen LogP contribution in [0.5, 0.6) is 17.4 Å². The topological polar surface area (TPSA) is 68.7 Å². The molecular formula is C16H17NO4. The number of nitrogens with zero attached hydrogens (tertiary/aromatic N) is 1. The highest BCUT2D eigenvalue weighted by Crippen LogP contribution is 2.33. The van der Waals surface area contributed by atoms with Gasteiger partial charge < -0.3 is 14.6 Å². The van der Waals surface area contributed by atoms with Gasteiger partial charge in [-0.25, -0.2) is 9.78 Å². The highest BCUT2D eigenvalue weighted by molar-refractivity contribution is 5.91. The maximum atomic E-state index is 11.3. The second kappa shape index (κ2) is 6.26. The molecule has 0 unspecified atom stereocenters. The summed E-state index contributed by atoms with van der Waals surface area (Å²) in [6.45, 7) is 5.58. The average molecular weight is 287 g/mol. The van der Waals surface area contributed by atoms with E-state index in [0.717, 1.165) is 5.56 Å². The number of aryl methyl sites for hydroxylation is 1. The summed E-state index contributed by atoms with van der Waals surface area (Å²) in [5, 5.41) is 9.25. The van der Waals surface area contributed by atoms with Crippen molar-refractivity contribution in [1.82, 2.24) is 4.98 Å². The first-order valence-corrected chi connectivity index (χ1v) is 6.61. The van der Waals surface area contributed by atoms with Gasteiger partial charge in [-0.2, -0.15) is 0 Å². The van der Waals surface area contributed by atoms with Gasteiger partial charge in [-0.1, -0.05) is 12.1 Å². The van der Waals surface area contributed by atoms with Crippen LogP contribution in [0.25, 0.3) is 0 Å². The molecule has 0 spiro atoms. The van der Waals surface area contributed by atoms with Crippen LogP contribution >= 0.6 is 0 Å². The van der Waals surface area contributed by atoms with Crippen molar-refractivity contribution in [3.05, 3.63) is 47.7 Å². The minimum Gasteiger partial charge on any atom is -0.485 e. The number of ether oxygens (including phenoxy) is 2. The molecule has 0 aliphatic carbocycles. The first-order chi connectivity index (χ1) is 9.99. The van der Waals surface area contributed by atoms with E-state index in [4.69, 9.17) is 9.47 Å². The molecular weight excluding hydrogens is 270 g/mol. The largest absolute Gasteiger partial charge is 0.485 e. The zero-order valence-corrected chi connectivity index (χ0v) is 12.2. The Labute approximate surface area is 123 Å². The summed E-state index contributed by atoms with van der Waals surface area (Å²) in [5.41, 5.74) is 0.812. The minimum absolute atomic E-state index is 0.0348. The number of hydrogen-bond acceptors (Lipinski definition) is 4. The number of aromatic carboxylic acids is 1. The maximum Gasteiger partial charge on any atom is 0.339 e. The normalized spacial score (nSPS) is 10.5. The second-order valence-corrected chi connectivity index (χ2v) is 4.83. The maximum absolute atomic E-state index is 11.3. The van der Waals surface area contributed by atoms with Crippen molar-refractivity contribution in [2.75, 3.05) is 0 Å². The molecule has 0 aliphatic rings. The Bertz CT molecular complexity index is 652. The molecule has 0 saturated carbocycles. The molecule has 0 bridgehead atoms. The van der Waals surface area contributed by atoms with E-state index in [9.17, 15) is 9.90 Å². The van der Waals surface area contributed by atoms with Crippen LogP contribution in [-0.2, 0) is 0 Å². The smallest absolute Gasteiger partial charge is 0.339 e. The number of aromatic nitrogens is 1. The molecule has 1 N–H and O–H groups in total. The molecule has 1 heterocycles. The summed E-state index contributed by atoms with van der Waals surface area (Å²) in [6, 6.07) is 8.43. The van der Waals surface area contributed by atoms with Crippen LogP contribution in [0.15, 0.2) is 36.5 Å². The van der Waals surface area contributed by atoms with E-state index >= 15 is 0 Å². The molecule has 2 aromatic rings. The van der Waals surface area contributed by atoms with Crippen LogP contribution in [-0.4, -0.2) is 22.2 Å². The summed E-state index contributed by atoms with van der Waals surface area (Å²) in [7, 11) is 0. The Morgan fingerprint density at radius 3 is 2.67 bits per heavy atom. The van der Waals surface area contributed by atoms with Gasteiger partial charge in [-0.05, 0) is 44.5 Å². The number of benzene rings is 1. The van der Waals surface area contributed by atoms with E-state index in [0.29, 0.717) is 5.75 Å². The van der Waals surface area contributed by atoms with E-state index in [2.05, 4.69) is 4.98 Å². The third-order valence-electron chi connectivity index (χ3n) is 2.74. The van der Waals surface area contributed by atoms with Gasteiger partial charge in [0.15, 0.2) is 5.75 Å². The van der Waals surface area contributed by atoms with Crippen molar-refractivity contribution >= 4 is 5.97 Å². The summed E-state index contributed by atoms with van der Waals surface area (Å²) in [4.78, 5) is 15.4. The van der Waals surface area contributed by atoms with Crippen LogP contribution in [0.4, 0.5) is 0 Å². The fourth-order valence-electron chi connectivity index (χ4n) is 1.85. The van der Waals surface area contributed by atoms with Crippen LogP contribution in [0.3, 0.4) is 0 Å². The molecule has 0 aliphatic heterocycles. The summed E-state index contributed by atoms with van der Waals surface area (Å²) < 4.78 is 11.3. The van der Waals surface area contributed by atoms with Gasteiger partial charge in [0.25, 0.3) is 5.88 Å². The van der Waals surface area contributed by atoms with Gasteiger partial charge in [0.1, 0.15) is 11.3 Å². The standard InChI is InChI=1S/C16H17NO4/c1-10(2)20-13-8-5-9-17-15(13)21-14-11(3)6-4-7-12(14)16(18)19/h4-10H,1-3H3,(H,18,19). The van der Waals surface area contributed by atoms with Crippen molar-refractivity contribution in [1.29, 1.82) is 0 Å². The number of hydrogen-bond donors (Lipinski definition) is 1. The molecule has 1 aromatic heterocycles. The lowest BCUT2D eigenvalue weighted by Gasteiger charge is -2.15. The number of para-hydroxylation sites is 1. The van der Waals surface area contributed by atoms with Gasteiger partial charge in [-0.3, -0.25) is 0 Å². The molecule has 21 heavy (non-hydrogen) atoms. The Morgan fingerprint density at radius 2 is 2.00 bits per heavy atom. The predicted octanol–water partition coefficient (Wildman–Crippen LogP) is 3.67. The fourth-order valence-corrected chi connectivity index (χ4v) is 1.85. The molecule has 0 radical (unpaired) electrons. The lowest BCUT2D eigenvalue weighted by Crippen LogP contribution is -2.08. The summed E-state index contributed by atoms with van der Waals surface area (Å²) in [5.74, 6) is -0.0386. The van der Waals surface area contributed by atoms with Crippen molar-refractivity contribution < 1.29 is 19.4 Å². The SMILES string of the molecule is Cc1cccc(C(=O)O)c1Oc1ncccc1OC(C)C. The number of carboxylic acids is 1. The molecule has 110 valence electrons. The molecule has 0 amide bonds. The first-order valence-electron chi connectivity index (χ1n) is 6.61. The number of pyridine rings is 1. The lowest BCUT2D eigenvalue weighted by molar-refractivity contribution is 0.0693. The van der Waals surface area contributed by atoms with Crippen molar-refractivity contribution in [3.63, 3.8) is 0 Å². The second-order valence-electron chi connectivity index (χ2n) is 4.83. The van der Waals surface area contributed by atoms with Gasteiger partial charge in [0, 0.05) is 6.20 Å². The Kier molecular flexibility index (Phi) is 4.42. The third-order valence-corrected chi connectivity index (χ3v) is 2.74. The fraction of sp³-hybridized carbons (Fsp3) is 0.250. The van der Waals surface area contributed by atoms with E-state index in [1.54, 1.807) is 37.4 Å². The van der Waals surface area contributed by atoms with E-state index < -0.39 is 5.97 Å². The minimum atomic E-state index is -1.05. The molecule has 5 nitrogen and oxygen atoms in total. The molecule has 0 saturated heterocycles. The van der Waals surface area contributed by atoms with Crippen LogP contribution in [0.1, 0.15) is 29.8 Å². The van der Waals surface area contributed by atoms with Crippen molar-refractivity contribution in [2.45, 2.75) is 26.9 Å². The quantitative estimate of drug-likeness (QED) is 0.908. The van der Waals surface area contributed by atoms with Crippen molar-refractivity contribution in [2.24, 2.45) is 0 Å². The Morgan fingerprint density at radius 1 is 1.24 bits per heavy atom. The Hall–Kier alpha value is -2.56. The van der Waals surface area contributed by atoms with Gasteiger partial charge in [0.2, 0.25) is 0 Å². The lowest BCUT2D eigenvalue weighted by atomic mass is 10.1. The highest BCUT2D eigenvalue weighted by Gasteiger charge is 2.17. The summed E-state index contributed by atoms with van der Waals surface area (Å²) >= 11 is 0. The molecule has 0 fully saturated rings. The third kappa shape index (κ3) is 3.51. The predicted molar refractivity (Wildman–Crippen MR) is 78.2 cm³/mol. The van der Waals surface area contributed by atoms with E-state index in [-0.39, 0.29) is 23.3 Å². The van der Waals surface area contributed by atoms with Gasteiger partial charge >= 0.3 is 5.97 Å². The average Bonchev–Trinajstić information content (AvgIpc) is 2.42. The van der Waals surface area contributed by atoms with Crippen LogP contribution in [0.2, 0.25) is 0 Å².